The van der Waals surface area contributed by atoms with Gasteiger partial charge in [0.1, 0.15) is 5.75 Å². The van der Waals surface area contributed by atoms with Gasteiger partial charge in [0.15, 0.2) is 6.61 Å². The normalized spacial score (nSPS) is 10.6. The maximum Gasteiger partial charge on any atom is 0.340 e. The largest absolute Gasteiger partial charge is 0.497 e. The Balaban J connectivity index is 1.58. The van der Waals surface area contributed by atoms with Crippen molar-refractivity contribution in [1.82, 2.24) is 9.88 Å². The van der Waals surface area contributed by atoms with Crippen LogP contribution < -0.4 is 10.1 Å². The first-order chi connectivity index (χ1) is 13.1. The van der Waals surface area contributed by atoms with Crippen LogP contribution in [0.1, 0.15) is 22.8 Å². The van der Waals surface area contributed by atoms with E-state index in [4.69, 9.17) is 9.47 Å². The number of amides is 1. The number of aryl methyl sites for hydroxylation is 1. The smallest absolute Gasteiger partial charge is 0.340 e. The molecule has 2 aromatic carbocycles. The first-order valence-electron chi connectivity index (χ1n) is 8.77. The predicted octanol–water partition coefficient (Wildman–Crippen LogP) is 3.14. The predicted molar refractivity (Wildman–Crippen MR) is 103 cm³/mol. The van der Waals surface area contributed by atoms with E-state index < -0.39 is 5.97 Å². The van der Waals surface area contributed by atoms with E-state index in [1.54, 1.807) is 13.3 Å². The zero-order valence-electron chi connectivity index (χ0n) is 15.4. The molecule has 0 spiro atoms. The number of rotatable bonds is 7. The number of esters is 1. The first-order valence-corrected chi connectivity index (χ1v) is 8.77. The summed E-state index contributed by atoms with van der Waals surface area (Å²) in [6, 6.07) is 15.0. The third-order valence-electron chi connectivity index (χ3n) is 4.31. The highest BCUT2D eigenvalue weighted by molar-refractivity contribution is 6.04. The highest BCUT2D eigenvalue weighted by atomic mass is 16.5. The number of hydrogen-bond donors (Lipinski definition) is 1. The van der Waals surface area contributed by atoms with E-state index in [1.807, 2.05) is 60.0 Å². The molecule has 1 N–H and O–H groups in total. The Hall–Kier alpha value is -3.28. The van der Waals surface area contributed by atoms with Crippen molar-refractivity contribution < 1.29 is 19.1 Å². The number of aromatic nitrogens is 1. The fraction of sp³-hybridized carbons (Fsp3) is 0.238. The van der Waals surface area contributed by atoms with Crippen LogP contribution >= 0.6 is 0 Å². The third-order valence-corrected chi connectivity index (χ3v) is 4.31. The van der Waals surface area contributed by atoms with Crippen LogP contribution in [-0.4, -0.2) is 30.2 Å². The number of carbonyl (C=O) groups is 2. The molecule has 6 nitrogen and oxygen atoms in total. The highest BCUT2D eigenvalue weighted by Gasteiger charge is 2.16. The van der Waals surface area contributed by atoms with Crippen molar-refractivity contribution in [3.63, 3.8) is 0 Å². The molecule has 0 aliphatic heterocycles. The minimum absolute atomic E-state index is 0.325. The number of methoxy groups -OCH3 is 1. The van der Waals surface area contributed by atoms with Gasteiger partial charge in [0.2, 0.25) is 0 Å². The fourth-order valence-electron chi connectivity index (χ4n) is 2.91. The number of nitrogens with zero attached hydrogens (tertiary/aromatic N) is 1. The Morgan fingerprint density at radius 2 is 1.93 bits per heavy atom. The van der Waals surface area contributed by atoms with E-state index in [0.717, 1.165) is 28.8 Å². The summed E-state index contributed by atoms with van der Waals surface area (Å²) in [4.78, 5) is 24.4. The van der Waals surface area contributed by atoms with Crippen molar-refractivity contribution in [2.24, 2.45) is 0 Å². The lowest BCUT2D eigenvalue weighted by molar-refractivity contribution is -0.124. The summed E-state index contributed by atoms with van der Waals surface area (Å²) in [5.41, 5.74) is 2.34. The molecule has 0 bridgehead atoms. The van der Waals surface area contributed by atoms with Crippen LogP contribution in [0.15, 0.2) is 54.7 Å². The second-order valence-corrected chi connectivity index (χ2v) is 6.05. The lowest BCUT2D eigenvalue weighted by atomic mass is 10.2. The van der Waals surface area contributed by atoms with Gasteiger partial charge >= 0.3 is 5.97 Å². The van der Waals surface area contributed by atoms with E-state index in [1.165, 1.54) is 0 Å². The molecule has 0 saturated carbocycles. The summed E-state index contributed by atoms with van der Waals surface area (Å²) in [5, 5.41) is 3.55. The van der Waals surface area contributed by atoms with Crippen molar-refractivity contribution in [2.75, 3.05) is 13.7 Å². The van der Waals surface area contributed by atoms with E-state index in [2.05, 4.69) is 5.32 Å². The maximum atomic E-state index is 12.4. The monoisotopic (exact) mass is 366 g/mol. The summed E-state index contributed by atoms with van der Waals surface area (Å²) in [6.07, 6.45) is 1.77. The van der Waals surface area contributed by atoms with Crippen LogP contribution in [0.3, 0.4) is 0 Å². The highest BCUT2D eigenvalue weighted by Crippen LogP contribution is 2.22. The number of para-hydroxylation sites is 1. The van der Waals surface area contributed by atoms with Gasteiger partial charge < -0.3 is 19.4 Å². The molecule has 27 heavy (non-hydrogen) atoms. The van der Waals surface area contributed by atoms with Gasteiger partial charge in [0.25, 0.3) is 5.91 Å². The maximum absolute atomic E-state index is 12.4. The summed E-state index contributed by atoms with van der Waals surface area (Å²) in [6.45, 7) is 2.76. The van der Waals surface area contributed by atoms with Crippen molar-refractivity contribution in [3.8, 4) is 5.75 Å². The van der Waals surface area contributed by atoms with Gasteiger partial charge in [-0.15, -0.1) is 0 Å². The van der Waals surface area contributed by atoms with Crippen LogP contribution in [-0.2, 0) is 22.6 Å². The molecular weight excluding hydrogens is 344 g/mol. The fourth-order valence-corrected chi connectivity index (χ4v) is 2.91. The first kappa shape index (κ1) is 18.5. The Bertz CT molecular complexity index is 962. The zero-order chi connectivity index (χ0) is 19.2. The van der Waals surface area contributed by atoms with Crippen LogP contribution in [0.2, 0.25) is 0 Å². The second kappa shape index (κ2) is 8.40. The minimum atomic E-state index is -0.505. The molecule has 0 aliphatic rings. The Morgan fingerprint density at radius 1 is 1.11 bits per heavy atom. The molecule has 0 saturated heterocycles. The van der Waals surface area contributed by atoms with Crippen LogP contribution in [0.4, 0.5) is 0 Å². The molecule has 0 atom stereocenters. The second-order valence-electron chi connectivity index (χ2n) is 6.05. The SMILES string of the molecule is CCn1cc(C(=O)OCC(=O)NCc2cccc(OC)c2)c2ccccc21. The van der Waals surface area contributed by atoms with Gasteiger partial charge in [-0.2, -0.15) is 0 Å². The van der Waals surface area contributed by atoms with Crippen LogP contribution in [0.25, 0.3) is 10.9 Å². The minimum Gasteiger partial charge on any atom is -0.497 e. The van der Waals surface area contributed by atoms with Crippen molar-refractivity contribution in [1.29, 1.82) is 0 Å². The number of benzene rings is 2. The molecule has 0 fully saturated rings. The van der Waals surface area contributed by atoms with Crippen molar-refractivity contribution in [2.45, 2.75) is 20.0 Å². The molecule has 0 aliphatic carbocycles. The van der Waals surface area contributed by atoms with Crippen molar-refractivity contribution >= 4 is 22.8 Å². The number of ether oxygens (including phenoxy) is 2. The van der Waals surface area contributed by atoms with Crippen molar-refractivity contribution in [3.05, 3.63) is 65.9 Å². The van der Waals surface area contributed by atoms with Gasteiger partial charge in [0, 0.05) is 30.2 Å². The molecule has 0 unspecified atom stereocenters. The van der Waals surface area contributed by atoms with Crippen LogP contribution in [0, 0.1) is 0 Å². The Kier molecular flexibility index (Phi) is 5.76. The number of hydrogen-bond acceptors (Lipinski definition) is 4. The number of fused-ring (bicyclic) bond motifs is 1. The van der Waals surface area contributed by atoms with E-state index in [9.17, 15) is 9.59 Å². The topological polar surface area (TPSA) is 69.6 Å². The summed E-state index contributed by atoms with van der Waals surface area (Å²) in [7, 11) is 1.59. The van der Waals surface area contributed by atoms with Gasteiger partial charge in [-0.05, 0) is 30.7 Å². The quantitative estimate of drug-likeness (QED) is 0.652. The molecule has 0 radical (unpaired) electrons. The van der Waals surface area contributed by atoms with E-state index in [0.29, 0.717) is 12.1 Å². The molecule has 6 heteroatoms. The zero-order valence-corrected chi connectivity index (χ0v) is 15.4. The number of carbonyl (C=O) groups excluding carboxylic acids is 2. The lowest BCUT2D eigenvalue weighted by Gasteiger charge is -2.07. The summed E-state index contributed by atoms with van der Waals surface area (Å²) >= 11 is 0. The van der Waals surface area contributed by atoms with Crippen LogP contribution in [0.5, 0.6) is 5.75 Å². The van der Waals surface area contributed by atoms with E-state index in [-0.39, 0.29) is 12.5 Å². The summed E-state index contributed by atoms with van der Waals surface area (Å²) in [5.74, 6) is -0.138. The molecule has 1 aromatic heterocycles. The molecule has 3 aromatic rings. The molecule has 1 amide bonds. The molecule has 3 rings (SSSR count). The van der Waals surface area contributed by atoms with Gasteiger partial charge in [0.05, 0.1) is 12.7 Å². The third kappa shape index (κ3) is 4.28. The van der Waals surface area contributed by atoms with Gasteiger partial charge in [-0.1, -0.05) is 30.3 Å². The Morgan fingerprint density at radius 3 is 2.70 bits per heavy atom. The average molecular weight is 366 g/mol. The summed E-state index contributed by atoms with van der Waals surface area (Å²) < 4.78 is 12.3. The lowest BCUT2D eigenvalue weighted by Crippen LogP contribution is -2.28. The molecule has 1 heterocycles. The molecular formula is C21H22N2O4. The number of nitrogens with one attached hydrogen (secondary N) is 1. The van der Waals surface area contributed by atoms with Gasteiger partial charge in [-0.3, -0.25) is 4.79 Å². The average Bonchev–Trinajstić information content (AvgIpc) is 3.09. The van der Waals surface area contributed by atoms with Gasteiger partial charge in [-0.25, -0.2) is 4.79 Å². The Labute approximate surface area is 157 Å². The molecule has 140 valence electrons. The standard InChI is InChI=1S/C21H22N2O4/c1-3-23-13-18(17-9-4-5-10-19(17)23)21(25)27-14-20(24)22-12-15-7-6-8-16(11-15)26-2/h4-11,13H,3,12,14H2,1-2H3,(H,22,24). The van der Waals surface area contributed by atoms with E-state index >= 15 is 0 Å².